The van der Waals surface area contributed by atoms with Crippen LogP contribution in [-0.2, 0) is 4.79 Å². The Morgan fingerprint density at radius 3 is 2.40 bits per heavy atom. The predicted molar refractivity (Wildman–Crippen MR) is 90.8 cm³/mol. The van der Waals surface area contributed by atoms with Crippen LogP contribution in [0.2, 0.25) is 0 Å². The molecular formula is C16H21ClF3N3O2. The molecule has 0 aromatic heterocycles. The van der Waals surface area contributed by atoms with Crippen LogP contribution in [-0.4, -0.2) is 30.1 Å². The molecule has 0 heterocycles. The number of nitrogens with two attached hydrogens (primary N) is 1. The highest BCUT2D eigenvalue weighted by Gasteiger charge is 2.37. The molecule has 0 radical (unpaired) electrons. The van der Waals surface area contributed by atoms with Crippen LogP contribution in [0.3, 0.4) is 0 Å². The third-order valence-electron chi connectivity index (χ3n) is 4.15. The minimum Gasteiger partial charge on any atom is -0.343 e. The third-order valence-corrected chi connectivity index (χ3v) is 4.15. The Morgan fingerprint density at radius 1 is 1.24 bits per heavy atom. The van der Waals surface area contributed by atoms with Crippen LogP contribution in [0.15, 0.2) is 18.2 Å². The van der Waals surface area contributed by atoms with Gasteiger partial charge >= 0.3 is 6.18 Å². The number of alkyl halides is 3. The zero-order valence-corrected chi connectivity index (χ0v) is 14.5. The van der Waals surface area contributed by atoms with Crippen LogP contribution >= 0.6 is 12.4 Å². The van der Waals surface area contributed by atoms with E-state index in [2.05, 4.69) is 5.32 Å². The van der Waals surface area contributed by atoms with Gasteiger partial charge in [0.1, 0.15) is 6.54 Å². The number of amides is 2. The largest absolute Gasteiger partial charge is 0.405 e. The van der Waals surface area contributed by atoms with Gasteiger partial charge < -0.3 is 16.4 Å². The number of halogens is 4. The first-order valence-corrected chi connectivity index (χ1v) is 7.67. The van der Waals surface area contributed by atoms with Crippen molar-refractivity contribution in [3.63, 3.8) is 0 Å². The van der Waals surface area contributed by atoms with E-state index in [1.54, 1.807) is 18.3 Å². The molecule has 2 rings (SSSR count). The van der Waals surface area contributed by atoms with Crippen LogP contribution in [0, 0.1) is 6.92 Å². The second-order valence-corrected chi connectivity index (χ2v) is 6.14. The Labute approximate surface area is 149 Å². The van der Waals surface area contributed by atoms with E-state index in [0.29, 0.717) is 24.1 Å². The maximum atomic E-state index is 12.3. The fourth-order valence-electron chi connectivity index (χ4n) is 2.66. The van der Waals surface area contributed by atoms with E-state index in [-0.39, 0.29) is 23.9 Å². The number of rotatable bonds is 4. The molecule has 5 nitrogen and oxygen atoms in total. The van der Waals surface area contributed by atoms with Crippen molar-refractivity contribution in [2.45, 2.75) is 44.3 Å². The summed E-state index contributed by atoms with van der Waals surface area (Å²) in [6.45, 7) is 0.318. The molecule has 140 valence electrons. The Morgan fingerprint density at radius 2 is 1.84 bits per heavy atom. The van der Waals surface area contributed by atoms with Gasteiger partial charge in [0.25, 0.3) is 5.91 Å². The molecule has 0 aliphatic heterocycles. The normalized spacial score (nSPS) is 16.0. The first-order chi connectivity index (χ1) is 11.1. The zero-order chi connectivity index (χ0) is 18.0. The highest BCUT2D eigenvalue weighted by molar-refractivity contribution is 6.01. The number of benzene rings is 1. The van der Waals surface area contributed by atoms with Crippen LogP contribution in [0.25, 0.3) is 0 Å². The number of carbonyl (C=O) groups excluding carboxylic acids is 2. The third kappa shape index (κ3) is 5.61. The lowest BCUT2D eigenvalue weighted by Crippen LogP contribution is -2.48. The first-order valence-electron chi connectivity index (χ1n) is 7.67. The predicted octanol–water partition coefficient (Wildman–Crippen LogP) is 2.92. The summed E-state index contributed by atoms with van der Waals surface area (Å²) in [6, 6.07) is 4.33. The highest BCUT2D eigenvalue weighted by Crippen LogP contribution is 2.29. The summed E-state index contributed by atoms with van der Waals surface area (Å²) in [5.41, 5.74) is 6.25. The molecule has 2 amide bonds. The number of aryl methyl sites for hydroxylation is 1. The molecule has 0 atom stereocenters. The molecule has 1 aliphatic rings. The fraction of sp³-hybridized carbons (Fsp3) is 0.500. The van der Waals surface area contributed by atoms with Gasteiger partial charge in [-0.15, -0.1) is 12.4 Å². The van der Waals surface area contributed by atoms with Crippen molar-refractivity contribution >= 4 is 29.9 Å². The molecule has 0 bridgehead atoms. The standard InChI is InChI=1S/C16H20F3N3O2.ClH/c1-10-4-5-11(13(23)21-9-16(17,18)19)8-12(10)22-14(24)15(20)6-2-3-7-15;/h4-5,8H,2-3,6-7,9,20H2,1H3,(H,21,23)(H,22,24);1H. The zero-order valence-electron chi connectivity index (χ0n) is 13.7. The summed E-state index contributed by atoms with van der Waals surface area (Å²) in [7, 11) is 0. The summed E-state index contributed by atoms with van der Waals surface area (Å²) in [5, 5.41) is 4.49. The number of hydrogen-bond donors (Lipinski definition) is 3. The van der Waals surface area contributed by atoms with Gasteiger partial charge in [-0.1, -0.05) is 18.9 Å². The molecule has 1 aromatic carbocycles. The summed E-state index contributed by atoms with van der Waals surface area (Å²) < 4.78 is 36.5. The van der Waals surface area contributed by atoms with Crippen LogP contribution in [0.4, 0.5) is 18.9 Å². The fourth-order valence-corrected chi connectivity index (χ4v) is 2.66. The van der Waals surface area contributed by atoms with Crippen LogP contribution < -0.4 is 16.4 Å². The van der Waals surface area contributed by atoms with Crippen molar-refractivity contribution in [1.29, 1.82) is 0 Å². The molecule has 25 heavy (non-hydrogen) atoms. The van der Waals surface area contributed by atoms with E-state index in [1.165, 1.54) is 12.1 Å². The van der Waals surface area contributed by atoms with Gasteiger partial charge in [0.15, 0.2) is 0 Å². The Kier molecular flexibility index (Phi) is 6.84. The van der Waals surface area contributed by atoms with Gasteiger partial charge in [0, 0.05) is 11.3 Å². The molecule has 1 saturated carbocycles. The lowest BCUT2D eigenvalue weighted by atomic mass is 9.97. The molecule has 0 saturated heterocycles. The number of anilines is 1. The summed E-state index contributed by atoms with van der Waals surface area (Å²) >= 11 is 0. The van der Waals surface area contributed by atoms with Crippen molar-refractivity contribution in [2.75, 3.05) is 11.9 Å². The average molecular weight is 380 g/mol. The van der Waals surface area contributed by atoms with Crippen molar-refractivity contribution in [3.8, 4) is 0 Å². The SMILES string of the molecule is Cc1ccc(C(=O)NCC(F)(F)F)cc1NC(=O)C1(N)CCCC1.Cl. The van der Waals surface area contributed by atoms with E-state index >= 15 is 0 Å². The first kappa shape index (κ1) is 21.2. The molecule has 1 aromatic rings. The maximum Gasteiger partial charge on any atom is 0.405 e. The topological polar surface area (TPSA) is 84.2 Å². The minimum absolute atomic E-state index is 0. The van der Waals surface area contributed by atoms with Crippen LogP contribution in [0.1, 0.15) is 41.6 Å². The lowest BCUT2D eigenvalue weighted by Gasteiger charge is -2.23. The van der Waals surface area contributed by atoms with Gasteiger partial charge in [0.05, 0.1) is 5.54 Å². The summed E-state index contributed by atoms with van der Waals surface area (Å²) in [4.78, 5) is 24.2. The molecular weight excluding hydrogens is 359 g/mol. The van der Waals surface area contributed by atoms with Crippen molar-refractivity contribution < 1.29 is 22.8 Å². The molecule has 0 unspecified atom stereocenters. The van der Waals surface area contributed by atoms with E-state index in [1.807, 2.05) is 0 Å². The monoisotopic (exact) mass is 379 g/mol. The van der Waals surface area contributed by atoms with E-state index in [0.717, 1.165) is 12.8 Å². The molecule has 4 N–H and O–H groups in total. The van der Waals surface area contributed by atoms with Crippen molar-refractivity contribution in [2.24, 2.45) is 5.73 Å². The van der Waals surface area contributed by atoms with Gasteiger partial charge in [-0.2, -0.15) is 13.2 Å². The Hall–Kier alpha value is -1.80. The Bertz CT molecular complexity index is 644. The average Bonchev–Trinajstić information content (AvgIpc) is 2.94. The van der Waals surface area contributed by atoms with E-state index in [4.69, 9.17) is 5.73 Å². The maximum absolute atomic E-state index is 12.3. The second kappa shape index (κ2) is 8.05. The summed E-state index contributed by atoms with van der Waals surface area (Å²) in [6.07, 6.45) is -1.55. The lowest BCUT2D eigenvalue weighted by molar-refractivity contribution is -0.123. The number of carbonyl (C=O) groups is 2. The van der Waals surface area contributed by atoms with E-state index in [9.17, 15) is 22.8 Å². The van der Waals surface area contributed by atoms with Gasteiger partial charge in [-0.25, -0.2) is 0 Å². The van der Waals surface area contributed by atoms with Gasteiger partial charge in [-0.3, -0.25) is 9.59 Å². The van der Waals surface area contributed by atoms with Gasteiger partial charge in [-0.05, 0) is 37.5 Å². The quantitative estimate of drug-likeness (QED) is 0.752. The highest BCUT2D eigenvalue weighted by atomic mass is 35.5. The van der Waals surface area contributed by atoms with E-state index < -0.39 is 24.2 Å². The Balaban J connectivity index is 0.00000312. The molecule has 0 spiro atoms. The number of nitrogens with one attached hydrogen (secondary N) is 2. The summed E-state index contributed by atoms with van der Waals surface area (Å²) in [5.74, 6) is -1.19. The smallest absolute Gasteiger partial charge is 0.343 e. The molecule has 1 aliphatic carbocycles. The number of hydrogen-bond acceptors (Lipinski definition) is 3. The minimum atomic E-state index is -4.48. The molecule has 1 fully saturated rings. The second-order valence-electron chi connectivity index (χ2n) is 6.14. The van der Waals surface area contributed by atoms with Crippen LogP contribution in [0.5, 0.6) is 0 Å². The van der Waals surface area contributed by atoms with Crippen molar-refractivity contribution in [3.05, 3.63) is 29.3 Å². The molecule has 9 heteroatoms. The van der Waals surface area contributed by atoms with Gasteiger partial charge in [0.2, 0.25) is 5.91 Å². The van der Waals surface area contributed by atoms with Crippen molar-refractivity contribution in [1.82, 2.24) is 5.32 Å².